The van der Waals surface area contributed by atoms with E-state index in [0.717, 1.165) is 5.56 Å². The molecule has 4 atom stereocenters. The van der Waals surface area contributed by atoms with Gasteiger partial charge in [-0.25, -0.2) is 0 Å². The highest BCUT2D eigenvalue weighted by molar-refractivity contribution is 5.95. The maximum atomic E-state index is 13.5. The van der Waals surface area contributed by atoms with Crippen molar-refractivity contribution in [3.05, 3.63) is 35.9 Å². The fraction of sp³-hybridized carbons (Fsp3) is 0.621. The van der Waals surface area contributed by atoms with Crippen molar-refractivity contribution in [3.8, 4) is 0 Å². The Labute approximate surface area is 238 Å². The van der Waals surface area contributed by atoms with Crippen molar-refractivity contribution in [2.24, 2.45) is 23.3 Å². The van der Waals surface area contributed by atoms with Crippen LogP contribution in [0, 0.1) is 11.8 Å². The number of carbonyl (C=O) groups excluding carboxylic acids is 5. The number of rotatable bonds is 17. The summed E-state index contributed by atoms with van der Waals surface area (Å²) >= 11 is 0. The van der Waals surface area contributed by atoms with E-state index in [2.05, 4.69) is 16.0 Å². The summed E-state index contributed by atoms with van der Waals surface area (Å²) in [4.78, 5) is 65.5. The second-order valence-corrected chi connectivity index (χ2v) is 11.1. The number of hydrogen-bond donors (Lipinski definition) is 5. The Hall–Kier alpha value is -3.47. The number of carbonyl (C=O) groups is 5. The molecule has 7 N–H and O–H groups in total. The monoisotopic (exact) mass is 560 g/mol. The predicted octanol–water partition coefficient (Wildman–Crippen LogP) is 0.847. The number of amides is 5. The van der Waals surface area contributed by atoms with Crippen LogP contribution in [-0.2, 0) is 30.4 Å². The highest BCUT2D eigenvalue weighted by atomic mass is 16.2. The van der Waals surface area contributed by atoms with Gasteiger partial charge in [-0.2, -0.15) is 0 Å². The number of primary amides is 1. The van der Waals surface area contributed by atoms with Crippen molar-refractivity contribution in [2.75, 3.05) is 13.6 Å². The first-order chi connectivity index (χ1) is 18.8. The van der Waals surface area contributed by atoms with E-state index in [1.54, 1.807) is 6.92 Å². The first-order valence-electron chi connectivity index (χ1n) is 14.0. The van der Waals surface area contributed by atoms with Crippen LogP contribution < -0.4 is 27.4 Å². The van der Waals surface area contributed by atoms with Gasteiger partial charge in [-0.1, -0.05) is 58.0 Å². The first-order valence-corrected chi connectivity index (χ1v) is 14.0. The minimum atomic E-state index is -0.936. The van der Waals surface area contributed by atoms with Gasteiger partial charge in [0.1, 0.15) is 24.2 Å². The Morgan fingerprint density at radius 1 is 0.800 bits per heavy atom. The van der Waals surface area contributed by atoms with E-state index >= 15 is 0 Å². The average Bonchev–Trinajstić information content (AvgIpc) is 2.89. The van der Waals surface area contributed by atoms with Gasteiger partial charge in [-0.15, -0.1) is 0 Å². The van der Waals surface area contributed by atoms with Crippen molar-refractivity contribution in [1.82, 2.24) is 20.9 Å². The zero-order valence-corrected chi connectivity index (χ0v) is 24.7. The van der Waals surface area contributed by atoms with Gasteiger partial charge in [0, 0.05) is 19.9 Å². The Bertz CT molecular complexity index is 984. The highest BCUT2D eigenvalue weighted by Crippen LogP contribution is 2.12. The second-order valence-electron chi connectivity index (χ2n) is 11.1. The van der Waals surface area contributed by atoms with E-state index in [0.29, 0.717) is 25.8 Å². The van der Waals surface area contributed by atoms with Gasteiger partial charge in [-0.3, -0.25) is 24.0 Å². The fourth-order valence-electron chi connectivity index (χ4n) is 4.18. The van der Waals surface area contributed by atoms with Crippen LogP contribution in [0.5, 0.6) is 0 Å². The lowest BCUT2D eigenvalue weighted by Gasteiger charge is -2.31. The molecule has 0 saturated carbocycles. The zero-order valence-electron chi connectivity index (χ0n) is 24.7. The molecule has 0 saturated heterocycles. The average molecular weight is 561 g/mol. The zero-order chi connectivity index (χ0) is 30.4. The first kappa shape index (κ1) is 34.6. The van der Waals surface area contributed by atoms with E-state index in [1.807, 2.05) is 58.0 Å². The number of nitrogens with zero attached hydrogens (tertiary/aromatic N) is 1. The molecule has 0 unspecified atom stereocenters. The lowest BCUT2D eigenvalue weighted by Crippen LogP contribution is -2.58. The molecule has 1 aromatic carbocycles. The van der Waals surface area contributed by atoms with Gasteiger partial charge < -0.3 is 32.3 Å². The Kier molecular flexibility index (Phi) is 14.9. The standard InChI is InChI=1S/C29H48N6O5/c1-18(2)15-22(26(31)37)33-27(38)20(5)35(6)29(40)24(16-19(3)4)34-28(39)23(32-25(36)13-10-14-30)17-21-11-8-7-9-12-21/h7-9,11-12,18-20,22-24H,10,13-17,30H2,1-6H3,(H2,31,37)(H,32,36)(H,33,38)(H,34,39)/t20-,22-,23-,24-/m0/s1. The topological polar surface area (TPSA) is 177 Å². The van der Waals surface area contributed by atoms with Crippen molar-refractivity contribution in [2.45, 2.75) is 90.9 Å². The van der Waals surface area contributed by atoms with Crippen LogP contribution in [0.4, 0.5) is 0 Å². The minimum absolute atomic E-state index is 0.0452. The van der Waals surface area contributed by atoms with Gasteiger partial charge in [0.15, 0.2) is 0 Å². The quantitative estimate of drug-likeness (QED) is 0.189. The molecule has 1 aromatic rings. The Morgan fingerprint density at radius 3 is 1.88 bits per heavy atom. The molecule has 0 bridgehead atoms. The summed E-state index contributed by atoms with van der Waals surface area (Å²) in [6.45, 7) is 9.55. The summed E-state index contributed by atoms with van der Waals surface area (Å²) in [6, 6.07) is 5.63. The van der Waals surface area contributed by atoms with Gasteiger partial charge in [-0.05, 0) is 50.1 Å². The van der Waals surface area contributed by atoms with E-state index in [1.165, 1.54) is 11.9 Å². The molecular formula is C29H48N6O5. The van der Waals surface area contributed by atoms with E-state index < -0.39 is 47.8 Å². The third-order valence-electron chi connectivity index (χ3n) is 6.54. The van der Waals surface area contributed by atoms with E-state index in [9.17, 15) is 24.0 Å². The molecule has 0 aliphatic rings. The molecule has 0 spiro atoms. The minimum Gasteiger partial charge on any atom is -0.368 e. The molecule has 1 rings (SSSR count). The van der Waals surface area contributed by atoms with E-state index in [4.69, 9.17) is 11.5 Å². The molecule has 0 aliphatic carbocycles. The molecule has 11 heteroatoms. The lowest BCUT2D eigenvalue weighted by molar-refractivity contribution is -0.142. The van der Waals surface area contributed by atoms with Crippen molar-refractivity contribution in [1.29, 1.82) is 0 Å². The van der Waals surface area contributed by atoms with Crippen LogP contribution in [0.25, 0.3) is 0 Å². The maximum absolute atomic E-state index is 13.5. The fourth-order valence-corrected chi connectivity index (χ4v) is 4.18. The van der Waals surface area contributed by atoms with Crippen LogP contribution in [0.1, 0.15) is 65.9 Å². The summed E-state index contributed by atoms with van der Waals surface area (Å²) in [5, 5.41) is 8.23. The summed E-state index contributed by atoms with van der Waals surface area (Å²) in [7, 11) is 1.48. The number of nitrogens with one attached hydrogen (secondary N) is 3. The Morgan fingerprint density at radius 2 is 1.35 bits per heavy atom. The molecule has 40 heavy (non-hydrogen) atoms. The SMILES string of the molecule is CC(C)C[C@H](NC(=O)[C@H](C)N(C)C(=O)[C@H](CC(C)C)NC(=O)[C@H](Cc1ccccc1)NC(=O)CCCN)C(N)=O. The molecular weight excluding hydrogens is 512 g/mol. The van der Waals surface area contributed by atoms with Crippen molar-refractivity contribution >= 4 is 29.5 Å². The summed E-state index contributed by atoms with van der Waals surface area (Å²) < 4.78 is 0. The van der Waals surface area contributed by atoms with Crippen molar-refractivity contribution in [3.63, 3.8) is 0 Å². The van der Waals surface area contributed by atoms with Crippen LogP contribution in [0.2, 0.25) is 0 Å². The summed E-state index contributed by atoms with van der Waals surface area (Å²) in [5.41, 5.74) is 11.8. The third-order valence-corrected chi connectivity index (χ3v) is 6.54. The van der Waals surface area contributed by atoms with Crippen molar-refractivity contribution < 1.29 is 24.0 Å². The molecule has 0 aliphatic heterocycles. The van der Waals surface area contributed by atoms with Crippen LogP contribution in [-0.4, -0.2) is 72.2 Å². The van der Waals surface area contributed by atoms with Crippen LogP contribution in [0.15, 0.2) is 30.3 Å². The number of hydrogen-bond acceptors (Lipinski definition) is 6. The predicted molar refractivity (Wildman–Crippen MR) is 155 cm³/mol. The molecule has 11 nitrogen and oxygen atoms in total. The van der Waals surface area contributed by atoms with Crippen LogP contribution >= 0.6 is 0 Å². The normalized spacial score (nSPS) is 14.1. The molecule has 0 radical (unpaired) electrons. The smallest absolute Gasteiger partial charge is 0.245 e. The van der Waals surface area contributed by atoms with E-state index in [-0.39, 0.29) is 30.6 Å². The molecule has 0 fully saturated rings. The second kappa shape index (κ2) is 17.3. The third kappa shape index (κ3) is 12.1. The largest absolute Gasteiger partial charge is 0.368 e. The molecule has 0 heterocycles. The highest BCUT2D eigenvalue weighted by Gasteiger charge is 2.33. The van der Waals surface area contributed by atoms with Gasteiger partial charge in [0.25, 0.3) is 0 Å². The van der Waals surface area contributed by atoms with Crippen LogP contribution in [0.3, 0.4) is 0 Å². The lowest BCUT2D eigenvalue weighted by atomic mass is 10.00. The number of nitrogens with two attached hydrogens (primary N) is 2. The Balaban J connectivity index is 3.08. The summed E-state index contributed by atoms with van der Waals surface area (Å²) in [5.74, 6) is -2.27. The van der Waals surface area contributed by atoms with Gasteiger partial charge in [0.05, 0.1) is 0 Å². The molecule has 0 aromatic heterocycles. The molecule has 5 amide bonds. The van der Waals surface area contributed by atoms with Gasteiger partial charge >= 0.3 is 0 Å². The molecule has 224 valence electrons. The summed E-state index contributed by atoms with van der Waals surface area (Å²) in [6.07, 6.45) is 1.60. The number of benzene rings is 1. The number of likely N-dealkylation sites (N-methyl/N-ethyl adjacent to an activating group) is 1. The maximum Gasteiger partial charge on any atom is 0.245 e. The van der Waals surface area contributed by atoms with Gasteiger partial charge in [0.2, 0.25) is 29.5 Å².